The van der Waals surface area contributed by atoms with Crippen LogP contribution in [0.1, 0.15) is 13.3 Å². The molecule has 0 aromatic carbocycles. The molecule has 0 aromatic heterocycles. The zero-order valence-corrected chi connectivity index (χ0v) is 11.6. The molecule has 2 unspecified atom stereocenters. The van der Waals surface area contributed by atoms with E-state index in [0.29, 0.717) is 3.29 Å². The van der Waals surface area contributed by atoms with Crippen molar-refractivity contribution in [3.05, 3.63) is 0 Å². The van der Waals surface area contributed by atoms with Crippen LogP contribution in [-0.4, -0.2) is 71.6 Å². The van der Waals surface area contributed by atoms with Crippen LogP contribution in [-0.2, 0) is 19.7 Å². The van der Waals surface area contributed by atoms with E-state index in [1.807, 2.05) is 6.92 Å². The van der Waals surface area contributed by atoms with E-state index in [9.17, 15) is 18.0 Å². The van der Waals surface area contributed by atoms with Gasteiger partial charge in [-0.05, 0) is 0 Å². The quantitative estimate of drug-likeness (QED) is 0.345. The fourth-order valence-corrected chi connectivity index (χ4v) is 1.09. The van der Waals surface area contributed by atoms with Crippen LogP contribution in [0.4, 0.5) is 0 Å². The van der Waals surface area contributed by atoms with Gasteiger partial charge in [-0.1, -0.05) is 0 Å². The van der Waals surface area contributed by atoms with Gasteiger partial charge in [-0.25, -0.2) is 0 Å². The summed E-state index contributed by atoms with van der Waals surface area (Å²) < 4.78 is 29.1. The maximum atomic E-state index is 10.2. The van der Waals surface area contributed by atoms with Gasteiger partial charge in [0.25, 0.3) is 10.1 Å². The predicted molar refractivity (Wildman–Crippen MR) is 54.6 cm³/mol. The van der Waals surface area contributed by atoms with E-state index < -0.39 is 33.7 Å². The zero-order valence-electron chi connectivity index (χ0n) is 8.82. The second-order valence-electron chi connectivity index (χ2n) is 3.18. The minimum absolute atomic E-state index is 0.472. The van der Waals surface area contributed by atoms with Crippen LogP contribution in [0.15, 0.2) is 0 Å². The molecule has 0 heterocycles. The predicted octanol–water partition coefficient (Wildman–Crippen LogP) is -1.74. The van der Waals surface area contributed by atoms with Gasteiger partial charge in [0.05, 0.1) is 6.42 Å². The Bertz CT molecular complexity index is 336. The van der Waals surface area contributed by atoms with Crippen LogP contribution >= 0.6 is 0 Å². The van der Waals surface area contributed by atoms with Crippen molar-refractivity contribution < 1.29 is 32.8 Å². The molecule has 5 N–H and O–H groups in total. The first kappa shape index (κ1) is 18.2. The summed E-state index contributed by atoms with van der Waals surface area (Å²) in [7, 11) is -4.84. The first-order valence-electron chi connectivity index (χ1n) is 4.15. The van der Waals surface area contributed by atoms with Gasteiger partial charge >= 0.3 is 55.8 Å². The van der Waals surface area contributed by atoms with E-state index in [4.69, 9.17) is 20.5 Å². The van der Waals surface area contributed by atoms with Crippen LogP contribution in [0, 0.1) is 0 Å². The maximum absolute atomic E-state index is 10.2. The van der Waals surface area contributed by atoms with Gasteiger partial charge in [-0.2, -0.15) is 8.42 Å². The Labute approximate surface area is 110 Å². The zero-order chi connectivity index (χ0) is 13.5. The van der Waals surface area contributed by atoms with Gasteiger partial charge in [0.1, 0.15) is 0 Å². The van der Waals surface area contributed by atoms with Gasteiger partial charge in [0, 0.05) is 0 Å². The number of aliphatic carboxylic acids is 2. The fraction of sp³-hybridized carbons (Fsp3) is 0.667. The summed E-state index contributed by atoms with van der Waals surface area (Å²) in [5.41, 5.74) is 5.17. The number of rotatable bonds is 4. The fourth-order valence-electron chi connectivity index (χ4n) is 0.479. The Hall–Kier alpha value is -0.190. The third kappa shape index (κ3) is 11.9. The van der Waals surface area contributed by atoms with Crippen molar-refractivity contribution in [2.24, 2.45) is 5.73 Å². The number of carboxylic acid groups (broad SMARTS) is 2. The SMILES string of the molecule is C[CH](N)[Na].O=C(O)CC(C(=O)O)S(=O)(=O)O. The van der Waals surface area contributed by atoms with Crippen molar-refractivity contribution in [1.82, 2.24) is 0 Å². The molecule has 16 heavy (non-hydrogen) atoms. The normalized spacial score (nSPS) is 14.3. The average molecular weight is 265 g/mol. The number of hydrogen-bond acceptors (Lipinski definition) is 5. The average Bonchev–Trinajstić information content (AvgIpc) is 1.95. The Morgan fingerprint density at radius 1 is 1.38 bits per heavy atom. The molecule has 0 bridgehead atoms. The summed E-state index contributed by atoms with van der Waals surface area (Å²) in [5.74, 6) is -3.50. The van der Waals surface area contributed by atoms with Gasteiger partial charge in [-0.3, -0.25) is 14.1 Å². The molecule has 0 aliphatic rings. The summed E-state index contributed by atoms with van der Waals surface area (Å²) in [5, 5.41) is 13.9. The van der Waals surface area contributed by atoms with E-state index in [-0.39, 0.29) is 0 Å². The van der Waals surface area contributed by atoms with E-state index in [0.717, 1.165) is 27.9 Å². The number of hydrogen-bond donors (Lipinski definition) is 4. The molecule has 2 atom stereocenters. The standard InChI is InChI=1S/C4H6O7S.C2H6N.Na/c5-3(6)1-2(4(7)8)12(9,10)11;1-2-3;/h2H,1H2,(H,5,6)(H,7,8)(H,9,10,11);2H,3H2,1H3;. The van der Waals surface area contributed by atoms with Crippen molar-refractivity contribution in [2.45, 2.75) is 21.9 Å². The summed E-state index contributed by atoms with van der Waals surface area (Å²) in [6.07, 6.45) is -1.16. The molecular weight excluding hydrogens is 253 g/mol. The first-order valence-corrected chi connectivity index (χ1v) is 6.80. The van der Waals surface area contributed by atoms with Crippen molar-refractivity contribution in [3.8, 4) is 0 Å². The number of carbonyl (C=O) groups is 2. The van der Waals surface area contributed by atoms with Crippen LogP contribution in [0.25, 0.3) is 0 Å². The molecule has 0 radical (unpaired) electrons. The van der Waals surface area contributed by atoms with E-state index in [1.54, 1.807) is 0 Å². The molecule has 0 aromatic rings. The van der Waals surface area contributed by atoms with Gasteiger partial charge < -0.3 is 10.2 Å². The molecular formula is C6H12NNaO7S. The minimum atomic E-state index is -4.84. The molecule has 0 rings (SSSR count). The van der Waals surface area contributed by atoms with Crippen molar-refractivity contribution >= 4 is 50.0 Å². The second kappa shape index (κ2) is 7.98. The number of carboxylic acids is 2. The summed E-state index contributed by atoms with van der Waals surface area (Å²) >= 11 is 1.13. The van der Waals surface area contributed by atoms with E-state index >= 15 is 0 Å². The monoisotopic (exact) mass is 265 g/mol. The molecule has 8 nitrogen and oxygen atoms in total. The summed E-state index contributed by atoms with van der Waals surface area (Å²) in [4.78, 5) is 20.0. The van der Waals surface area contributed by atoms with E-state index in [1.165, 1.54) is 0 Å². The molecule has 0 saturated heterocycles. The van der Waals surface area contributed by atoms with Gasteiger partial charge in [0.2, 0.25) is 0 Å². The topological polar surface area (TPSA) is 155 Å². The third-order valence-electron chi connectivity index (χ3n) is 0.995. The first-order chi connectivity index (χ1) is 6.98. The molecule has 0 amide bonds. The number of nitrogens with two attached hydrogens (primary N) is 1. The van der Waals surface area contributed by atoms with Crippen molar-refractivity contribution in [3.63, 3.8) is 0 Å². The van der Waals surface area contributed by atoms with Crippen LogP contribution < -0.4 is 5.73 Å². The van der Waals surface area contributed by atoms with Gasteiger partial charge in [0.15, 0.2) is 5.25 Å². The second-order valence-corrected chi connectivity index (χ2v) is 6.60. The smallest absolute Gasteiger partial charge is 0.325 e. The largest absolute Gasteiger partial charge is 0.481 e. The minimum Gasteiger partial charge on any atom is -0.481 e. The Balaban J connectivity index is 0. The Morgan fingerprint density at radius 3 is 1.75 bits per heavy atom. The van der Waals surface area contributed by atoms with Crippen molar-refractivity contribution in [2.75, 3.05) is 0 Å². The van der Waals surface area contributed by atoms with Gasteiger partial charge in [-0.15, -0.1) is 0 Å². The molecule has 0 aliphatic carbocycles. The molecule has 0 aliphatic heterocycles. The molecule has 0 saturated carbocycles. The van der Waals surface area contributed by atoms with Crippen molar-refractivity contribution in [1.29, 1.82) is 0 Å². The van der Waals surface area contributed by atoms with E-state index in [2.05, 4.69) is 0 Å². The maximum Gasteiger partial charge on any atom is 0.325 e. The molecule has 10 heteroatoms. The van der Waals surface area contributed by atoms with Crippen LogP contribution in [0.5, 0.6) is 0 Å². The summed E-state index contributed by atoms with van der Waals surface area (Å²) in [6, 6.07) is 0. The molecule has 0 fully saturated rings. The summed E-state index contributed by atoms with van der Waals surface area (Å²) in [6.45, 7) is 2.01. The molecule has 0 spiro atoms. The molecule has 90 valence electrons. The Morgan fingerprint density at radius 2 is 1.69 bits per heavy atom. The van der Waals surface area contributed by atoms with Crippen LogP contribution in [0.3, 0.4) is 0 Å². The third-order valence-corrected chi connectivity index (χ3v) is 2.08. The van der Waals surface area contributed by atoms with Crippen LogP contribution in [0.2, 0.25) is 0 Å². The Kier molecular flexibility index (Phi) is 9.07.